The summed E-state index contributed by atoms with van der Waals surface area (Å²) in [7, 11) is 0. The summed E-state index contributed by atoms with van der Waals surface area (Å²) in [6.07, 6.45) is 6.66. The minimum Gasteiger partial charge on any atom is -0.504 e. The van der Waals surface area contributed by atoms with Crippen molar-refractivity contribution < 1.29 is 20.1 Å². The number of aromatic carboxylic acids is 1. The Balaban J connectivity index is 3.56. The van der Waals surface area contributed by atoms with E-state index in [4.69, 9.17) is 0 Å². The zero-order chi connectivity index (χ0) is 16.7. The van der Waals surface area contributed by atoms with Crippen LogP contribution in [0.3, 0.4) is 0 Å². The maximum atomic E-state index is 11.5. The van der Waals surface area contributed by atoms with Crippen LogP contribution >= 0.6 is 0 Å². The molecule has 0 aliphatic heterocycles. The highest BCUT2D eigenvalue weighted by molar-refractivity contribution is 5.94. The quantitative estimate of drug-likeness (QED) is 0.590. The van der Waals surface area contributed by atoms with Crippen LogP contribution in [0, 0.1) is 0 Å². The summed E-state index contributed by atoms with van der Waals surface area (Å²) in [6.45, 7) is 6.15. The van der Waals surface area contributed by atoms with E-state index in [9.17, 15) is 20.1 Å². The van der Waals surface area contributed by atoms with Crippen LogP contribution in [0.15, 0.2) is 0 Å². The maximum Gasteiger partial charge on any atom is 0.339 e. The number of carboxylic acid groups (broad SMARTS) is 1. The smallest absolute Gasteiger partial charge is 0.339 e. The third-order valence-electron chi connectivity index (χ3n) is 4.05. The zero-order valence-corrected chi connectivity index (χ0v) is 13.9. The molecule has 0 aliphatic rings. The molecule has 124 valence electrons. The number of phenols is 2. The van der Waals surface area contributed by atoms with Crippen LogP contribution in [0.5, 0.6) is 11.5 Å². The van der Waals surface area contributed by atoms with Gasteiger partial charge in [0.2, 0.25) is 0 Å². The number of aromatic hydroxyl groups is 2. The van der Waals surface area contributed by atoms with Crippen molar-refractivity contribution in [3.63, 3.8) is 0 Å². The molecule has 0 fully saturated rings. The van der Waals surface area contributed by atoms with E-state index in [-0.39, 0.29) is 11.3 Å². The van der Waals surface area contributed by atoms with Gasteiger partial charge >= 0.3 is 5.97 Å². The van der Waals surface area contributed by atoms with Gasteiger partial charge in [-0.2, -0.15) is 0 Å². The highest BCUT2D eigenvalue weighted by atomic mass is 16.4. The van der Waals surface area contributed by atoms with Crippen molar-refractivity contribution in [2.45, 2.75) is 72.1 Å². The summed E-state index contributed by atoms with van der Waals surface area (Å²) in [5.74, 6) is -1.88. The van der Waals surface area contributed by atoms with Crippen molar-refractivity contribution in [2.24, 2.45) is 0 Å². The van der Waals surface area contributed by atoms with E-state index in [0.29, 0.717) is 18.4 Å². The van der Waals surface area contributed by atoms with Crippen LogP contribution in [0.1, 0.15) is 79.9 Å². The monoisotopic (exact) mass is 308 g/mol. The Morgan fingerprint density at radius 3 is 1.77 bits per heavy atom. The first-order valence-electron chi connectivity index (χ1n) is 8.31. The van der Waals surface area contributed by atoms with Gasteiger partial charge in [-0.3, -0.25) is 0 Å². The van der Waals surface area contributed by atoms with Gasteiger partial charge in [-0.1, -0.05) is 40.0 Å². The number of benzene rings is 1. The van der Waals surface area contributed by atoms with E-state index in [1.54, 1.807) is 0 Å². The van der Waals surface area contributed by atoms with Crippen molar-refractivity contribution in [3.05, 3.63) is 22.3 Å². The minimum absolute atomic E-state index is 0.120. The molecule has 0 bridgehead atoms. The molecule has 0 aliphatic carbocycles. The molecule has 0 saturated carbocycles. The Hall–Kier alpha value is -1.71. The second kappa shape index (κ2) is 8.66. The Labute approximate surface area is 132 Å². The summed E-state index contributed by atoms with van der Waals surface area (Å²) in [5.41, 5.74) is 2.25. The summed E-state index contributed by atoms with van der Waals surface area (Å²) in [6, 6.07) is 0. The van der Waals surface area contributed by atoms with Gasteiger partial charge < -0.3 is 15.3 Å². The molecular weight excluding hydrogens is 280 g/mol. The fraction of sp³-hybridized carbons (Fsp3) is 0.611. The molecular formula is C18H28O4. The average molecular weight is 308 g/mol. The van der Waals surface area contributed by atoms with E-state index < -0.39 is 11.7 Å². The number of carboxylic acids is 1. The fourth-order valence-corrected chi connectivity index (χ4v) is 2.91. The van der Waals surface area contributed by atoms with Gasteiger partial charge in [0.1, 0.15) is 5.56 Å². The highest BCUT2D eigenvalue weighted by Gasteiger charge is 2.26. The van der Waals surface area contributed by atoms with Crippen LogP contribution in [0.4, 0.5) is 0 Å². The fourth-order valence-electron chi connectivity index (χ4n) is 2.91. The van der Waals surface area contributed by atoms with Crippen molar-refractivity contribution in [1.29, 1.82) is 0 Å². The molecule has 0 heterocycles. The first-order valence-corrected chi connectivity index (χ1v) is 8.31. The Kier molecular flexibility index (Phi) is 7.22. The molecule has 0 unspecified atom stereocenters. The topological polar surface area (TPSA) is 77.8 Å². The lowest BCUT2D eigenvalue weighted by atomic mass is 9.86. The number of phenolic OH excluding ortho intramolecular Hbond substituents is 1. The molecule has 0 amide bonds. The van der Waals surface area contributed by atoms with Crippen LogP contribution < -0.4 is 0 Å². The molecule has 4 nitrogen and oxygen atoms in total. The average Bonchev–Trinajstić information content (AvgIpc) is 2.48. The molecule has 1 aromatic rings. The number of hydrogen-bond donors (Lipinski definition) is 3. The van der Waals surface area contributed by atoms with Gasteiger partial charge in [0.05, 0.1) is 0 Å². The number of rotatable bonds is 9. The second-order valence-electron chi connectivity index (χ2n) is 5.77. The van der Waals surface area contributed by atoms with Crippen LogP contribution in [0.2, 0.25) is 0 Å². The lowest BCUT2D eigenvalue weighted by Gasteiger charge is -2.20. The number of carbonyl (C=O) groups is 1. The maximum absolute atomic E-state index is 11.5. The van der Waals surface area contributed by atoms with Gasteiger partial charge in [0.25, 0.3) is 0 Å². The SMILES string of the molecule is CCCCc1c(O)c(O)c(C(=O)O)c(CCC)c1CCCC. The molecule has 0 aromatic heterocycles. The number of unbranched alkanes of at least 4 members (excludes halogenated alkanes) is 2. The van der Waals surface area contributed by atoms with E-state index in [0.717, 1.165) is 49.7 Å². The molecule has 1 aromatic carbocycles. The highest BCUT2D eigenvalue weighted by Crippen LogP contribution is 2.40. The second-order valence-corrected chi connectivity index (χ2v) is 5.77. The minimum atomic E-state index is -1.17. The van der Waals surface area contributed by atoms with E-state index in [2.05, 4.69) is 13.8 Å². The van der Waals surface area contributed by atoms with E-state index in [1.807, 2.05) is 6.92 Å². The molecule has 22 heavy (non-hydrogen) atoms. The predicted octanol–water partition coefficient (Wildman–Crippen LogP) is 4.43. The Morgan fingerprint density at radius 2 is 1.32 bits per heavy atom. The first-order chi connectivity index (χ1) is 10.5. The summed E-state index contributed by atoms with van der Waals surface area (Å²) >= 11 is 0. The van der Waals surface area contributed by atoms with Crippen molar-refractivity contribution in [1.82, 2.24) is 0 Å². The summed E-state index contributed by atoms with van der Waals surface area (Å²) in [5, 5.41) is 29.9. The lowest BCUT2D eigenvalue weighted by Crippen LogP contribution is -2.10. The molecule has 0 atom stereocenters. The Bertz CT molecular complexity index is 521. The van der Waals surface area contributed by atoms with Crippen molar-refractivity contribution in [3.8, 4) is 11.5 Å². The zero-order valence-electron chi connectivity index (χ0n) is 13.9. The molecule has 3 N–H and O–H groups in total. The van der Waals surface area contributed by atoms with Crippen LogP contribution in [-0.2, 0) is 19.3 Å². The van der Waals surface area contributed by atoms with E-state index in [1.165, 1.54) is 0 Å². The number of hydrogen-bond acceptors (Lipinski definition) is 3. The van der Waals surface area contributed by atoms with E-state index >= 15 is 0 Å². The molecule has 0 radical (unpaired) electrons. The summed E-state index contributed by atoms with van der Waals surface area (Å²) < 4.78 is 0. The predicted molar refractivity (Wildman–Crippen MR) is 87.9 cm³/mol. The first kappa shape index (κ1) is 18.3. The summed E-state index contributed by atoms with van der Waals surface area (Å²) in [4.78, 5) is 11.5. The standard InChI is InChI=1S/C18H28O4/c1-4-7-10-12-13(9-6-3)15(18(21)22)17(20)16(19)14(12)11-8-5-2/h19-20H,4-11H2,1-3H3,(H,21,22). The van der Waals surface area contributed by atoms with Gasteiger partial charge in [0.15, 0.2) is 11.5 Å². The third-order valence-corrected chi connectivity index (χ3v) is 4.05. The van der Waals surface area contributed by atoms with Gasteiger partial charge in [-0.05, 0) is 43.2 Å². The molecule has 0 spiro atoms. The van der Waals surface area contributed by atoms with Crippen molar-refractivity contribution >= 4 is 5.97 Å². The Morgan fingerprint density at radius 1 is 0.773 bits per heavy atom. The molecule has 0 saturated heterocycles. The normalized spacial score (nSPS) is 10.9. The molecule has 4 heteroatoms. The van der Waals surface area contributed by atoms with Gasteiger partial charge in [0, 0.05) is 5.56 Å². The van der Waals surface area contributed by atoms with Crippen molar-refractivity contribution in [2.75, 3.05) is 0 Å². The lowest BCUT2D eigenvalue weighted by molar-refractivity contribution is 0.0691. The largest absolute Gasteiger partial charge is 0.504 e. The van der Waals surface area contributed by atoms with Crippen LogP contribution in [0.25, 0.3) is 0 Å². The van der Waals surface area contributed by atoms with Gasteiger partial charge in [-0.25, -0.2) is 4.79 Å². The molecule has 1 rings (SSSR count). The third kappa shape index (κ3) is 3.93. The van der Waals surface area contributed by atoms with Gasteiger partial charge in [-0.15, -0.1) is 0 Å². The van der Waals surface area contributed by atoms with Crippen LogP contribution in [-0.4, -0.2) is 21.3 Å².